The maximum absolute atomic E-state index is 15.6. The van der Waals surface area contributed by atoms with Gasteiger partial charge in [0, 0.05) is 61.6 Å². The molecule has 12 heteroatoms. The largest absolute Gasteiger partial charge is 0.472 e. The number of amides is 1. The molecule has 9 nitrogen and oxygen atoms in total. The number of halogens is 3. The van der Waals surface area contributed by atoms with Crippen LogP contribution in [0.1, 0.15) is 26.3 Å². The second-order valence-electron chi connectivity index (χ2n) is 10.5. The number of benzene rings is 3. The molecule has 43 heavy (non-hydrogen) atoms. The third-order valence-corrected chi connectivity index (χ3v) is 8.56. The number of methoxy groups -OCH3 is 1. The second kappa shape index (κ2) is 12.6. The Kier molecular flexibility index (Phi) is 8.63. The van der Waals surface area contributed by atoms with Crippen LogP contribution in [0.2, 0.25) is 10.0 Å². The van der Waals surface area contributed by atoms with Gasteiger partial charge >= 0.3 is 5.97 Å². The molecule has 3 aromatic carbocycles. The fourth-order valence-corrected chi connectivity index (χ4v) is 6.39. The third kappa shape index (κ3) is 5.84. The normalized spacial score (nSPS) is 16.9. The molecule has 6 rings (SSSR count). The average Bonchev–Trinajstić information content (AvgIpc) is 3.04. The number of hydrogen-bond acceptors (Lipinski definition) is 8. The zero-order valence-electron chi connectivity index (χ0n) is 23.6. The molecule has 0 unspecified atom stereocenters. The van der Waals surface area contributed by atoms with E-state index in [4.69, 9.17) is 37.4 Å². The number of morpholine rings is 1. The zero-order valence-corrected chi connectivity index (χ0v) is 25.1. The first-order valence-corrected chi connectivity index (χ1v) is 14.8. The highest BCUT2D eigenvalue weighted by molar-refractivity contribution is 6.40. The molecule has 3 aliphatic rings. The maximum Gasteiger partial charge on any atom is 0.340 e. The van der Waals surface area contributed by atoms with Crippen LogP contribution in [0.15, 0.2) is 42.5 Å². The van der Waals surface area contributed by atoms with Crippen LogP contribution in [0.4, 0.5) is 15.8 Å². The van der Waals surface area contributed by atoms with Gasteiger partial charge in [0.15, 0.2) is 6.73 Å². The summed E-state index contributed by atoms with van der Waals surface area (Å²) in [5.74, 6) is -1.10. The van der Waals surface area contributed by atoms with Crippen molar-refractivity contribution in [2.24, 2.45) is 0 Å². The lowest BCUT2D eigenvalue weighted by molar-refractivity contribution is 0.0515. The Balaban J connectivity index is 1.29. The van der Waals surface area contributed by atoms with Crippen LogP contribution in [-0.4, -0.2) is 83.1 Å². The van der Waals surface area contributed by atoms with Gasteiger partial charge in [0.25, 0.3) is 5.91 Å². The SMILES string of the molecule is COC(=O)c1cc(F)c(-c2cccc3c2OCN(C(=O)c2c(Cl)cc(N4CCNCC4)cc2Cl)C3)cc1N1CCOCC1. The van der Waals surface area contributed by atoms with Gasteiger partial charge in [-0.25, -0.2) is 9.18 Å². The number of rotatable bonds is 5. The van der Waals surface area contributed by atoms with Crippen LogP contribution in [0, 0.1) is 5.82 Å². The molecule has 2 fully saturated rings. The number of ether oxygens (including phenoxy) is 3. The van der Waals surface area contributed by atoms with Crippen LogP contribution >= 0.6 is 23.2 Å². The summed E-state index contributed by atoms with van der Waals surface area (Å²) in [6, 6.07) is 11.8. The number of fused-ring (bicyclic) bond motifs is 1. The minimum Gasteiger partial charge on any atom is -0.472 e. The number of para-hydroxylation sites is 1. The topological polar surface area (TPSA) is 83.6 Å². The van der Waals surface area contributed by atoms with Crippen molar-refractivity contribution >= 4 is 46.5 Å². The Morgan fingerprint density at radius 2 is 1.67 bits per heavy atom. The highest BCUT2D eigenvalue weighted by Crippen LogP contribution is 2.41. The van der Waals surface area contributed by atoms with Gasteiger partial charge in [-0.3, -0.25) is 4.79 Å². The summed E-state index contributed by atoms with van der Waals surface area (Å²) in [6.07, 6.45) is 0. The van der Waals surface area contributed by atoms with E-state index >= 15 is 4.39 Å². The molecule has 0 aromatic heterocycles. The summed E-state index contributed by atoms with van der Waals surface area (Å²) in [6.45, 7) is 5.58. The molecule has 1 amide bonds. The lowest BCUT2D eigenvalue weighted by Crippen LogP contribution is -2.43. The molecule has 3 heterocycles. The van der Waals surface area contributed by atoms with Crippen LogP contribution < -0.4 is 19.9 Å². The summed E-state index contributed by atoms with van der Waals surface area (Å²) >= 11 is 13.2. The molecular formula is C31H31Cl2FN4O5. The first kappa shape index (κ1) is 29.5. The Bertz CT molecular complexity index is 1540. The van der Waals surface area contributed by atoms with Crippen LogP contribution in [-0.2, 0) is 16.0 Å². The molecule has 2 saturated heterocycles. The number of esters is 1. The Morgan fingerprint density at radius 3 is 2.37 bits per heavy atom. The maximum atomic E-state index is 15.6. The predicted octanol–water partition coefficient (Wildman–Crippen LogP) is 4.82. The number of piperazine rings is 1. The van der Waals surface area contributed by atoms with E-state index in [2.05, 4.69) is 10.2 Å². The quantitative estimate of drug-likeness (QED) is 0.403. The molecule has 0 aliphatic carbocycles. The van der Waals surface area contributed by atoms with Crippen molar-refractivity contribution in [1.29, 1.82) is 0 Å². The minimum absolute atomic E-state index is 0.0762. The standard InChI is InChI=1S/C31H31Cl2FN4O5/c1-41-31(40)23-15-26(34)22(16-27(23)37-9-11-42-12-10-37)21-4-2-3-19-17-38(18-43-29(19)21)30(39)28-24(32)13-20(14-25(28)33)36-7-5-35-6-8-36/h2-4,13-16,35H,5-12,17-18H2,1H3. The van der Waals surface area contributed by atoms with Crippen molar-refractivity contribution in [3.63, 3.8) is 0 Å². The van der Waals surface area contributed by atoms with Crippen LogP contribution in [0.5, 0.6) is 5.75 Å². The van der Waals surface area contributed by atoms with Crippen LogP contribution in [0.25, 0.3) is 11.1 Å². The summed E-state index contributed by atoms with van der Waals surface area (Å²) in [5.41, 5.74) is 3.28. The summed E-state index contributed by atoms with van der Waals surface area (Å²) in [4.78, 5) is 31.8. The van der Waals surface area contributed by atoms with Gasteiger partial charge in [-0.05, 0) is 24.3 Å². The fourth-order valence-electron chi connectivity index (χ4n) is 5.75. The van der Waals surface area contributed by atoms with Gasteiger partial charge in [0.2, 0.25) is 0 Å². The predicted molar refractivity (Wildman–Crippen MR) is 163 cm³/mol. The number of anilines is 2. The van der Waals surface area contributed by atoms with Crippen molar-refractivity contribution < 1.29 is 28.2 Å². The lowest BCUT2D eigenvalue weighted by atomic mass is 9.97. The summed E-state index contributed by atoms with van der Waals surface area (Å²) in [7, 11) is 1.27. The first-order chi connectivity index (χ1) is 20.9. The zero-order chi connectivity index (χ0) is 30.1. The highest BCUT2D eigenvalue weighted by Gasteiger charge is 2.30. The Labute approximate surface area is 259 Å². The number of nitrogens with zero attached hydrogens (tertiary/aromatic N) is 3. The molecular weight excluding hydrogens is 598 g/mol. The number of nitrogens with one attached hydrogen (secondary N) is 1. The molecule has 0 saturated carbocycles. The molecule has 0 radical (unpaired) electrons. The smallest absolute Gasteiger partial charge is 0.340 e. The molecule has 0 atom stereocenters. The molecule has 1 N–H and O–H groups in total. The van der Waals surface area contributed by atoms with Crippen molar-refractivity contribution in [2.75, 3.05) is 76.1 Å². The second-order valence-corrected chi connectivity index (χ2v) is 11.3. The van der Waals surface area contributed by atoms with E-state index in [1.54, 1.807) is 30.3 Å². The third-order valence-electron chi connectivity index (χ3n) is 7.97. The van der Waals surface area contributed by atoms with E-state index in [1.807, 2.05) is 11.0 Å². The van der Waals surface area contributed by atoms with Crippen molar-refractivity contribution in [3.05, 3.63) is 75.0 Å². The van der Waals surface area contributed by atoms with Gasteiger partial charge in [-0.1, -0.05) is 41.4 Å². The van der Waals surface area contributed by atoms with Gasteiger partial charge in [-0.2, -0.15) is 0 Å². The highest BCUT2D eigenvalue weighted by atomic mass is 35.5. The van der Waals surface area contributed by atoms with Crippen molar-refractivity contribution in [3.8, 4) is 16.9 Å². The van der Waals surface area contributed by atoms with Crippen molar-refractivity contribution in [2.45, 2.75) is 6.54 Å². The van der Waals surface area contributed by atoms with Gasteiger partial charge in [0.1, 0.15) is 11.6 Å². The minimum atomic E-state index is -0.620. The van der Waals surface area contributed by atoms with E-state index in [9.17, 15) is 9.59 Å². The number of hydrogen-bond donors (Lipinski definition) is 1. The monoisotopic (exact) mass is 628 g/mol. The van der Waals surface area contributed by atoms with E-state index in [0.29, 0.717) is 48.9 Å². The average molecular weight is 630 g/mol. The summed E-state index contributed by atoms with van der Waals surface area (Å²) in [5, 5.41) is 3.85. The van der Waals surface area contributed by atoms with Crippen molar-refractivity contribution in [1.82, 2.24) is 10.2 Å². The Morgan fingerprint density at radius 1 is 0.953 bits per heavy atom. The molecule has 226 valence electrons. The van der Waals surface area contributed by atoms with Gasteiger partial charge in [-0.15, -0.1) is 0 Å². The number of carbonyl (C=O) groups excluding carboxylic acids is 2. The molecule has 0 spiro atoms. The first-order valence-electron chi connectivity index (χ1n) is 14.1. The van der Waals surface area contributed by atoms with E-state index in [1.165, 1.54) is 18.1 Å². The van der Waals surface area contributed by atoms with Gasteiger partial charge < -0.3 is 34.2 Å². The van der Waals surface area contributed by atoms with E-state index in [-0.39, 0.29) is 45.9 Å². The molecule has 0 bridgehead atoms. The lowest BCUT2D eigenvalue weighted by Gasteiger charge is -2.32. The number of carbonyl (C=O) groups is 2. The van der Waals surface area contributed by atoms with Crippen LogP contribution in [0.3, 0.4) is 0 Å². The molecule has 3 aliphatic heterocycles. The van der Waals surface area contributed by atoms with Gasteiger partial charge in [0.05, 0.1) is 53.7 Å². The summed E-state index contributed by atoms with van der Waals surface area (Å²) < 4.78 is 32.1. The van der Waals surface area contributed by atoms with E-state index < -0.39 is 11.8 Å². The Hall–Kier alpha value is -3.57. The molecule has 3 aromatic rings. The van der Waals surface area contributed by atoms with E-state index in [0.717, 1.165) is 31.9 Å². The fraction of sp³-hybridized carbons (Fsp3) is 0.355.